The lowest BCUT2D eigenvalue weighted by atomic mass is 9.86. The van der Waals surface area contributed by atoms with E-state index in [0.717, 1.165) is 19.4 Å². The molecule has 0 saturated heterocycles. The minimum Gasteiger partial charge on any atom is -0.389 e. The average Bonchev–Trinajstić information content (AvgIpc) is 2.64. The molecule has 0 heterocycles. The minimum absolute atomic E-state index is 0.242. The van der Waals surface area contributed by atoms with Crippen LogP contribution in [-0.2, 0) is 9.59 Å². The molecule has 1 atom stereocenters. The topological polar surface area (TPSA) is 108 Å². The molecule has 0 spiro atoms. The maximum absolute atomic E-state index is 10.9. The van der Waals surface area contributed by atoms with E-state index in [2.05, 4.69) is 50.8 Å². The van der Waals surface area contributed by atoms with E-state index in [0.29, 0.717) is 5.92 Å². The Hall–Kier alpha value is -2.11. The zero-order valence-corrected chi connectivity index (χ0v) is 20.4. The van der Waals surface area contributed by atoms with Crippen LogP contribution in [0.5, 0.6) is 0 Å². The number of hydrogen-bond acceptors (Lipinski definition) is 4. The van der Waals surface area contributed by atoms with Crippen molar-refractivity contribution in [1.29, 1.82) is 5.41 Å². The van der Waals surface area contributed by atoms with E-state index in [4.69, 9.17) is 11.1 Å². The monoisotopic (exact) mass is 412 g/mol. The van der Waals surface area contributed by atoms with Gasteiger partial charge in [-0.3, -0.25) is 9.59 Å². The van der Waals surface area contributed by atoms with Crippen molar-refractivity contribution < 1.29 is 9.59 Å². The molecule has 172 valence electrons. The minimum atomic E-state index is -0.602. The first-order valence-electron chi connectivity index (χ1n) is 10.4. The molecule has 6 heteroatoms. The third kappa shape index (κ3) is 25.9. The largest absolute Gasteiger partial charge is 0.389 e. The van der Waals surface area contributed by atoms with Gasteiger partial charge in [-0.05, 0) is 37.3 Å². The second-order valence-electron chi connectivity index (χ2n) is 7.55. The Balaban J connectivity index is -0.000000184. The van der Waals surface area contributed by atoms with E-state index in [1.54, 1.807) is 0 Å². The molecule has 1 unspecified atom stereocenters. The summed E-state index contributed by atoms with van der Waals surface area (Å²) < 4.78 is 0. The van der Waals surface area contributed by atoms with Crippen molar-refractivity contribution in [3.8, 4) is 0 Å². The van der Waals surface area contributed by atoms with Crippen LogP contribution in [-0.4, -0.2) is 31.1 Å². The predicted octanol–water partition coefficient (Wildman–Crippen LogP) is 4.81. The lowest BCUT2D eigenvalue weighted by molar-refractivity contribution is -0.128. The molecule has 0 radical (unpaired) electrons. The normalized spacial score (nSPS) is 11.3. The van der Waals surface area contributed by atoms with Gasteiger partial charge >= 0.3 is 0 Å². The van der Waals surface area contributed by atoms with Crippen LogP contribution in [0.1, 0.15) is 81.6 Å². The van der Waals surface area contributed by atoms with Crippen molar-refractivity contribution in [2.45, 2.75) is 87.6 Å². The Morgan fingerprint density at radius 3 is 1.90 bits per heavy atom. The molecule has 29 heavy (non-hydrogen) atoms. The Morgan fingerprint density at radius 1 is 1.17 bits per heavy atom. The Kier molecular flexibility index (Phi) is 26.3. The molecular formula is C23H48N4O2. The van der Waals surface area contributed by atoms with Crippen molar-refractivity contribution in [2.24, 2.45) is 17.1 Å². The number of nitrogens with two attached hydrogens (primary N) is 1. The van der Waals surface area contributed by atoms with Gasteiger partial charge in [0.25, 0.3) is 0 Å². The molecule has 0 aromatic carbocycles. The van der Waals surface area contributed by atoms with Gasteiger partial charge < -0.3 is 21.8 Å². The van der Waals surface area contributed by atoms with E-state index in [1.165, 1.54) is 19.0 Å². The Labute approximate surface area is 180 Å². The van der Waals surface area contributed by atoms with E-state index in [-0.39, 0.29) is 11.3 Å². The van der Waals surface area contributed by atoms with Crippen LogP contribution in [0.15, 0.2) is 24.4 Å². The van der Waals surface area contributed by atoms with E-state index in [9.17, 15) is 9.59 Å². The summed E-state index contributed by atoms with van der Waals surface area (Å²) in [5.74, 6) is -0.103. The second-order valence-corrected chi connectivity index (χ2v) is 7.55. The van der Waals surface area contributed by atoms with E-state index >= 15 is 0 Å². The zero-order chi connectivity index (χ0) is 24.0. The number of nitrogens with one attached hydrogen (secondary N) is 3. The lowest BCUT2D eigenvalue weighted by Crippen LogP contribution is -2.51. The summed E-state index contributed by atoms with van der Waals surface area (Å²) in [6, 6.07) is -0.602. The summed E-state index contributed by atoms with van der Waals surface area (Å²) in [5.41, 5.74) is 6.16. The highest BCUT2D eigenvalue weighted by Crippen LogP contribution is 2.18. The van der Waals surface area contributed by atoms with Crippen LogP contribution < -0.4 is 16.4 Å². The van der Waals surface area contributed by atoms with Gasteiger partial charge in [0, 0.05) is 19.2 Å². The molecule has 0 rings (SSSR count). The fourth-order valence-electron chi connectivity index (χ4n) is 2.12. The third-order valence-electron chi connectivity index (χ3n) is 3.35. The van der Waals surface area contributed by atoms with Gasteiger partial charge in [0.05, 0.1) is 0 Å². The van der Waals surface area contributed by atoms with Gasteiger partial charge in [-0.2, -0.15) is 0 Å². The van der Waals surface area contributed by atoms with Gasteiger partial charge in [0.15, 0.2) is 0 Å². The fourth-order valence-corrected chi connectivity index (χ4v) is 2.12. The number of amides is 2. The summed E-state index contributed by atoms with van der Waals surface area (Å²) in [6.07, 6.45) is 7.66. The first kappa shape index (κ1) is 34.4. The summed E-state index contributed by atoms with van der Waals surface area (Å²) in [5, 5.41) is 11.5. The highest BCUT2D eigenvalue weighted by molar-refractivity contribution is 5.86. The number of hydrogen-bond donors (Lipinski definition) is 4. The van der Waals surface area contributed by atoms with E-state index < -0.39 is 11.9 Å². The molecule has 2 amide bonds. The molecule has 0 aliphatic rings. The van der Waals surface area contributed by atoms with Crippen molar-refractivity contribution in [2.75, 3.05) is 6.54 Å². The second kappa shape index (κ2) is 22.2. The van der Waals surface area contributed by atoms with Crippen molar-refractivity contribution in [1.82, 2.24) is 10.6 Å². The number of unbranched alkanes of at least 4 members (excludes halogenated alkanes) is 1. The van der Waals surface area contributed by atoms with Gasteiger partial charge in [0.1, 0.15) is 6.04 Å². The van der Waals surface area contributed by atoms with Gasteiger partial charge in [-0.25, -0.2) is 0 Å². The number of carbonyl (C=O) groups is 2. The number of allylic oxidation sites excluding steroid dienone is 3. The van der Waals surface area contributed by atoms with Crippen LogP contribution in [0.25, 0.3) is 0 Å². The quantitative estimate of drug-likeness (QED) is 0.248. The first-order chi connectivity index (χ1) is 13.4. The molecule has 6 nitrogen and oxygen atoms in total. The van der Waals surface area contributed by atoms with Gasteiger partial charge in [-0.1, -0.05) is 67.5 Å². The highest BCUT2D eigenvalue weighted by Gasteiger charge is 2.29. The number of rotatable bonds is 9. The van der Waals surface area contributed by atoms with Crippen LogP contribution in [0.4, 0.5) is 0 Å². The van der Waals surface area contributed by atoms with Crippen LogP contribution in [0.3, 0.4) is 0 Å². The molecule has 0 aliphatic heterocycles. The molecule has 0 aromatic rings. The third-order valence-corrected chi connectivity index (χ3v) is 3.35. The van der Waals surface area contributed by atoms with E-state index in [1.807, 2.05) is 40.7 Å². The van der Waals surface area contributed by atoms with Crippen LogP contribution in [0.2, 0.25) is 0 Å². The number of carbonyl (C=O) groups excluding carboxylic acids is 2. The van der Waals surface area contributed by atoms with Crippen LogP contribution in [0, 0.1) is 16.7 Å². The van der Waals surface area contributed by atoms with Gasteiger partial charge in [-0.15, -0.1) is 6.58 Å². The van der Waals surface area contributed by atoms with Gasteiger partial charge in [0.2, 0.25) is 11.8 Å². The fraction of sp³-hybridized carbons (Fsp3) is 0.696. The summed E-state index contributed by atoms with van der Waals surface area (Å²) >= 11 is 0. The molecule has 0 fully saturated rings. The molecule has 0 aromatic heterocycles. The standard InChI is InChI=1S/C12H23N.C8H16N2O2.C2H6.CH3N/c1-5-7-8-9-13-12(6-2)10-11(3)4;1-5(11)10-6(7(9)12)8(2,3)4;2*1-2/h5,10-11,13H,1,6-9H2,2-4H3;6H,1-4H3,(H2,9,12)(H,10,11);1-2H3;2H,1H2/b12-10+;;;. The average molecular weight is 413 g/mol. The summed E-state index contributed by atoms with van der Waals surface area (Å²) in [6.45, 7) is 24.8. The van der Waals surface area contributed by atoms with Crippen molar-refractivity contribution in [3.05, 3.63) is 24.4 Å². The SMILES string of the molecule is C=CCCCN/C(=C/C(C)C)CC.C=N.CC.CC(=O)NC(C(N)=O)C(C)(C)C. The number of primary amides is 1. The molecule has 0 aliphatic carbocycles. The first-order valence-corrected chi connectivity index (χ1v) is 10.4. The molecule has 0 bridgehead atoms. The molecular weight excluding hydrogens is 364 g/mol. The van der Waals surface area contributed by atoms with Crippen molar-refractivity contribution in [3.63, 3.8) is 0 Å². The van der Waals surface area contributed by atoms with Crippen molar-refractivity contribution >= 4 is 18.5 Å². The highest BCUT2D eigenvalue weighted by atomic mass is 16.2. The summed E-state index contributed by atoms with van der Waals surface area (Å²) in [7, 11) is 0. The molecule has 0 saturated carbocycles. The van der Waals surface area contributed by atoms with Crippen LogP contribution >= 0.6 is 0 Å². The lowest BCUT2D eigenvalue weighted by Gasteiger charge is -2.28. The zero-order valence-electron chi connectivity index (χ0n) is 20.4. The smallest absolute Gasteiger partial charge is 0.240 e. The summed E-state index contributed by atoms with van der Waals surface area (Å²) in [4.78, 5) is 21.6. The maximum atomic E-state index is 10.9. The predicted molar refractivity (Wildman–Crippen MR) is 128 cm³/mol. The Morgan fingerprint density at radius 2 is 1.66 bits per heavy atom. The molecule has 5 N–H and O–H groups in total. The maximum Gasteiger partial charge on any atom is 0.240 e. The Bertz CT molecular complexity index is 452.